The molecule has 1 aliphatic rings. The van der Waals surface area contributed by atoms with Crippen LogP contribution in [0.1, 0.15) is 19.8 Å². The van der Waals surface area contributed by atoms with E-state index in [9.17, 15) is 23.2 Å². The van der Waals surface area contributed by atoms with Crippen molar-refractivity contribution in [3.8, 4) is 11.5 Å². The lowest BCUT2D eigenvalue weighted by atomic mass is 10.0. The Bertz CT molecular complexity index is 1260. The summed E-state index contributed by atoms with van der Waals surface area (Å²) >= 11 is 0. The standard InChI is InChI=1S/C24H20F2N4O4/c1-14(31)28-21-11-16(7-10-27-21)34-20-13-17(25)19(12-18(20)26)30-23(33)24(8-9-24)22(32)29-15-5-3-2-4-6-15/h2-7,10-13H,8-9H2,1H3,(H,29,32)(H,30,33)(H,27,28,31). The van der Waals surface area contributed by atoms with Gasteiger partial charge >= 0.3 is 0 Å². The summed E-state index contributed by atoms with van der Waals surface area (Å²) < 4.78 is 34.7. The molecule has 0 unspecified atom stereocenters. The number of nitrogens with zero attached hydrogens (tertiary/aromatic N) is 1. The molecule has 2 aromatic carbocycles. The zero-order valence-corrected chi connectivity index (χ0v) is 18.0. The van der Waals surface area contributed by atoms with Crippen molar-refractivity contribution in [1.82, 2.24) is 4.98 Å². The third kappa shape index (κ3) is 5.01. The Kier molecular flexibility index (Phi) is 6.22. The van der Waals surface area contributed by atoms with Gasteiger partial charge in [-0.25, -0.2) is 13.8 Å². The molecule has 1 saturated carbocycles. The lowest BCUT2D eigenvalue weighted by Gasteiger charge is -2.16. The number of hydrogen-bond donors (Lipinski definition) is 3. The van der Waals surface area contributed by atoms with Gasteiger partial charge in [-0.3, -0.25) is 14.4 Å². The van der Waals surface area contributed by atoms with Gasteiger partial charge in [-0.15, -0.1) is 0 Å². The first-order valence-electron chi connectivity index (χ1n) is 10.4. The van der Waals surface area contributed by atoms with Gasteiger partial charge in [-0.2, -0.15) is 0 Å². The Balaban J connectivity index is 1.46. The molecule has 1 heterocycles. The van der Waals surface area contributed by atoms with Crippen LogP contribution in [0, 0.1) is 17.0 Å². The van der Waals surface area contributed by atoms with Crippen LogP contribution in [-0.4, -0.2) is 22.7 Å². The van der Waals surface area contributed by atoms with Crippen LogP contribution in [0.5, 0.6) is 11.5 Å². The Morgan fingerprint density at radius 2 is 1.62 bits per heavy atom. The van der Waals surface area contributed by atoms with E-state index in [2.05, 4.69) is 20.9 Å². The number of rotatable bonds is 7. The molecule has 0 spiro atoms. The van der Waals surface area contributed by atoms with E-state index in [1.165, 1.54) is 25.3 Å². The Hall–Kier alpha value is -4.34. The van der Waals surface area contributed by atoms with Crippen molar-refractivity contribution < 1.29 is 27.9 Å². The van der Waals surface area contributed by atoms with E-state index in [0.29, 0.717) is 18.5 Å². The smallest absolute Gasteiger partial charge is 0.240 e. The van der Waals surface area contributed by atoms with Crippen LogP contribution in [-0.2, 0) is 14.4 Å². The van der Waals surface area contributed by atoms with E-state index < -0.39 is 40.3 Å². The van der Waals surface area contributed by atoms with Crippen molar-refractivity contribution in [2.75, 3.05) is 16.0 Å². The van der Waals surface area contributed by atoms with E-state index in [4.69, 9.17) is 4.74 Å². The van der Waals surface area contributed by atoms with Crippen LogP contribution in [0.2, 0.25) is 0 Å². The number of nitrogens with one attached hydrogen (secondary N) is 3. The number of benzene rings is 2. The number of halogens is 2. The Morgan fingerprint density at radius 3 is 2.29 bits per heavy atom. The largest absolute Gasteiger partial charge is 0.454 e. The highest BCUT2D eigenvalue weighted by molar-refractivity contribution is 6.16. The highest BCUT2D eigenvalue weighted by Crippen LogP contribution is 2.47. The van der Waals surface area contributed by atoms with E-state index in [1.54, 1.807) is 30.3 Å². The minimum absolute atomic E-state index is 0.114. The molecule has 34 heavy (non-hydrogen) atoms. The molecular weight excluding hydrogens is 446 g/mol. The van der Waals surface area contributed by atoms with E-state index >= 15 is 0 Å². The molecule has 1 aliphatic carbocycles. The monoisotopic (exact) mass is 466 g/mol. The predicted octanol–water partition coefficient (Wildman–Crippen LogP) is 4.47. The maximum atomic E-state index is 14.7. The number of carbonyl (C=O) groups is 3. The molecule has 0 aliphatic heterocycles. The lowest BCUT2D eigenvalue weighted by Crippen LogP contribution is -2.35. The number of hydrogen-bond acceptors (Lipinski definition) is 5. The number of ether oxygens (including phenoxy) is 1. The van der Waals surface area contributed by atoms with Gasteiger partial charge in [-0.1, -0.05) is 18.2 Å². The summed E-state index contributed by atoms with van der Waals surface area (Å²) in [7, 11) is 0. The van der Waals surface area contributed by atoms with E-state index in [0.717, 1.165) is 12.1 Å². The fraction of sp³-hybridized carbons (Fsp3) is 0.167. The number of para-hydroxylation sites is 1. The van der Waals surface area contributed by atoms with Crippen molar-refractivity contribution in [2.45, 2.75) is 19.8 Å². The number of aromatic nitrogens is 1. The van der Waals surface area contributed by atoms with Crippen molar-refractivity contribution in [3.63, 3.8) is 0 Å². The third-order valence-corrected chi connectivity index (χ3v) is 5.18. The summed E-state index contributed by atoms with van der Waals surface area (Å²) in [6, 6.07) is 12.9. The van der Waals surface area contributed by atoms with Crippen LogP contribution >= 0.6 is 0 Å². The second kappa shape index (κ2) is 9.26. The molecular formula is C24H20F2N4O4. The van der Waals surface area contributed by atoms with Gasteiger partial charge in [0.2, 0.25) is 17.7 Å². The van der Waals surface area contributed by atoms with Crippen LogP contribution in [0.3, 0.4) is 0 Å². The Morgan fingerprint density at radius 1 is 0.912 bits per heavy atom. The summed E-state index contributed by atoms with van der Waals surface area (Å²) in [6.45, 7) is 1.30. The van der Waals surface area contributed by atoms with E-state index in [-0.39, 0.29) is 17.5 Å². The summed E-state index contributed by atoms with van der Waals surface area (Å²) in [6.07, 6.45) is 1.92. The zero-order valence-electron chi connectivity index (χ0n) is 18.0. The maximum absolute atomic E-state index is 14.7. The molecule has 8 nitrogen and oxygen atoms in total. The molecule has 0 bridgehead atoms. The molecule has 0 saturated heterocycles. The van der Waals surface area contributed by atoms with Gasteiger partial charge in [0.1, 0.15) is 17.0 Å². The van der Waals surface area contributed by atoms with Crippen molar-refractivity contribution >= 4 is 34.9 Å². The van der Waals surface area contributed by atoms with E-state index in [1.807, 2.05) is 0 Å². The van der Waals surface area contributed by atoms with Gasteiger partial charge in [-0.05, 0) is 31.0 Å². The first kappa shape index (κ1) is 22.8. The quantitative estimate of drug-likeness (QED) is 0.445. The highest BCUT2D eigenvalue weighted by atomic mass is 19.1. The van der Waals surface area contributed by atoms with Crippen molar-refractivity contribution in [3.05, 3.63) is 72.4 Å². The molecule has 3 aromatic rings. The molecule has 4 rings (SSSR count). The highest BCUT2D eigenvalue weighted by Gasteiger charge is 2.56. The molecule has 0 radical (unpaired) electrons. The first-order chi connectivity index (χ1) is 16.3. The second-order valence-electron chi connectivity index (χ2n) is 7.78. The molecule has 1 fully saturated rings. The minimum atomic E-state index is -1.34. The molecule has 174 valence electrons. The second-order valence-corrected chi connectivity index (χ2v) is 7.78. The van der Waals surface area contributed by atoms with Gasteiger partial charge in [0, 0.05) is 37.0 Å². The average Bonchev–Trinajstić information content (AvgIpc) is 3.60. The normalized spacial score (nSPS) is 13.5. The van der Waals surface area contributed by atoms with Crippen molar-refractivity contribution in [2.24, 2.45) is 5.41 Å². The van der Waals surface area contributed by atoms with Crippen LogP contribution in [0.25, 0.3) is 0 Å². The van der Waals surface area contributed by atoms with Gasteiger partial charge in [0.15, 0.2) is 17.4 Å². The summed E-state index contributed by atoms with van der Waals surface area (Å²) in [5.41, 5.74) is -1.23. The van der Waals surface area contributed by atoms with Crippen molar-refractivity contribution in [1.29, 1.82) is 0 Å². The zero-order chi connectivity index (χ0) is 24.3. The van der Waals surface area contributed by atoms with Gasteiger partial charge < -0.3 is 20.7 Å². The summed E-state index contributed by atoms with van der Waals surface area (Å²) in [5.74, 6) is -3.60. The number of pyridine rings is 1. The van der Waals surface area contributed by atoms with Gasteiger partial charge in [0.25, 0.3) is 0 Å². The van der Waals surface area contributed by atoms with Crippen LogP contribution in [0.15, 0.2) is 60.8 Å². The Labute approximate surface area is 193 Å². The predicted molar refractivity (Wildman–Crippen MR) is 120 cm³/mol. The summed E-state index contributed by atoms with van der Waals surface area (Å²) in [4.78, 5) is 40.5. The average molecular weight is 466 g/mol. The molecule has 1 aromatic heterocycles. The number of carbonyl (C=O) groups excluding carboxylic acids is 3. The van der Waals surface area contributed by atoms with Crippen LogP contribution in [0.4, 0.5) is 26.0 Å². The topological polar surface area (TPSA) is 109 Å². The third-order valence-electron chi connectivity index (χ3n) is 5.18. The number of anilines is 3. The molecule has 0 atom stereocenters. The SMILES string of the molecule is CC(=O)Nc1cc(Oc2cc(F)c(NC(=O)C3(C(=O)Nc4ccccc4)CC3)cc2F)ccn1. The molecule has 10 heteroatoms. The molecule has 3 amide bonds. The first-order valence-corrected chi connectivity index (χ1v) is 10.4. The lowest BCUT2D eigenvalue weighted by molar-refractivity contribution is -0.131. The summed E-state index contributed by atoms with van der Waals surface area (Å²) in [5, 5.41) is 7.44. The maximum Gasteiger partial charge on any atom is 0.240 e. The fourth-order valence-electron chi connectivity index (χ4n) is 3.25. The number of amides is 3. The minimum Gasteiger partial charge on any atom is -0.454 e. The van der Waals surface area contributed by atoms with Gasteiger partial charge in [0.05, 0.1) is 5.69 Å². The van der Waals surface area contributed by atoms with Crippen LogP contribution < -0.4 is 20.7 Å². The fourth-order valence-corrected chi connectivity index (χ4v) is 3.25. The molecule has 3 N–H and O–H groups in total.